The molecule has 2 N–H and O–H groups in total. The zero-order valence-corrected chi connectivity index (χ0v) is 12.3. The van der Waals surface area contributed by atoms with Crippen LogP contribution in [-0.4, -0.2) is 11.1 Å². The zero-order chi connectivity index (χ0) is 15.5. The average molecular weight is 291 g/mol. The quantitative estimate of drug-likeness (QED) is 0.746. The van der Waals surface area contributed by atoms with Gasteiger partial charge in [-0.2, -0.15) is 0 Å². The highest BCUT2D eigenvalue weighted by Gasteiger charge is 2.05. The number of carboxylic acid groups (broad SMARTS) is 1. The summed E-state index contributed by atoms with van der Waals surface area (Å²) in [6.45, 7) is 2.75. The standard InChI is InChI=1S/C19H17NO2/c1-13-6-9-15-4-2-3-5-17(15)18(13)20-12-14-7-10-16(11-8-14)19(21)22/h2-11,20H,12H2,1H3,(H,21,22). The van der Waals surface area contributed by atoms with Crippen LogP contribution in [0.3, 0.4) is 0 Å². The number of hydrogen-bond donors (Lipinski definition) is 2. The Labute approximate surface area is 129 Å². The van der Waals surface area contributed by atoms with Crippen LogP contribution in [0, 0.1) is 6.92 Å². The third-order valence-corrected chi connectivity index (χ3v) is 3.81. The Hall–Kier alpha value is -2.81. The van der Waals surface area contributed by atoms with Crippen LogP contribution in [-0.2, 0) is 6.54 Å². The number of nitrogens with one attached hydrogen (secondary N) is 1. The smallest absolute Gasteiger partial charge is 0.335 e. The summed E-state index contributed by atoms with van der Waals surface area (Å²) in [5.74, 6) is -0.899. The highest BCUT2D eigenvalue weighted by Crippen LogP contribution is 2.27. The summed E-state index contributed by atoms with van der Waals surface area (Å²) in [6, 6.07) is 19.5. The minimum Gasteiger partial charge on any atom is -0.478 e. The van der Waals surface area contributed by atoms with Gasteiger partial charge in [0.15, 0.2) is 0 Å². The first kappa shape index (κ1) is 14.1. The summed E-state index contributed by atoms with van der Waals surface area (Å²) in [5, 5.41) is 14.8. The van der Waals surface area contributed by atoms with Crippen LogP contribution in [0.1, 0.15) is 21.5 Å². The van der Waals surface area contributed by atoms with Crippen molar-refractivity contribution in [1.29, 1.82) is 0 Å². The van der Waals surface area contributed by atoms with E-state index in [1.54, 1.807) is 12.1 Å². The van der Waals surface area contributed by atoms with E-state index in [1.165, 1.54) is 16.3 Å². The number of hydrogen-bond acceptors (Lipinski definition) is 2. The Bertz CT molecular complexity index is 822. The zero-order valence-electron chi connectivity index (χ0n) is 12.3. The largest absolute Gasteiger partial charge is 0.478 e. The van der Waals surface area contributed by atoms with E-state index in [0.717, 1.165) is 11.3 Å². The predicted octanol–water partition coefficient (Wildman–Crippen LogP) is 4.46. The molecule has 0 atom stereocenters. The number of aryl methyl sites for hydroxylation is 1. The number of carboxylic acids is 1. The second-order valence-electron chi connectivity index (χ2n) is 5.33. The lowest BCUT2D eigenvalue weighted by molar-refractivity contribution is 0.0697. The molecule has 0 aromatic heterocycles. The molecule has 0 fully saturated rings. The second kappa shape index (κ2) is 5.90. The van der Waals surface area contributed by atoms with Gasteiger partial charge in [0.2, 0.25) is 0 Å². The molecule has 0 radical (unpaired) electrons. The van der Waals surface area contributed by atoms with Gasteiger partial charge in [0.1, 0.15) is 0 Å². The van der Waals surface area contributed by atoms with Crippen molar-refractivity contribution in [3.63, 3.8) is 0 Å². The van der Waals surface area contributed by atoms with Crippen LogP contribution in [0.25, 0.3) is 10.8 Å². The summed E-state index contributed by atoms with van der Waals surface area (Å²) in [5.41, 5.74) is 3.68. The minimum atomic E-state index is -0.899. The third-order valence-electron chi connectivity index (χ3n) is 3.81. The van der Waals surface area contributed by atoms with Crippen molar-refractivity contribution in [3.8, 4) is 0 Å². The van der Waals surface area contributed by atoms with Crippen molar-refractivity contribution in [2.24, 2.45) is 0 Å². The summed E-state index contributed by atoms with van der Waals surface area (Å²) in [4.78, 5) is 10.9. The Morgan fingerprint density at radius 3 is 2.45 bits per heavy atom. The lowest BCUT2D eigenvalue weighted by Crippen LogP contribution is -2.03. The molecule has 3 rings (SSSR count). The van der Waals surface area contributed by atoms with Gasteiger partial charge >= 0.3 is 5.97 Å². The predicted molar refractivity (Wildman–Crippen MR) is 89.4 cm³/mol. The minimum absolute atomic E-state index is 0.310. The maximum Gasteiger partial charge on any atom is 0.335 e. The van der Waals surface area contributed by atoms with E-state index in [4.69, 9.17) is 5.11 Å². The molecule has 0 bridgehead atoms. The number of fused-ring (bicyclic) bond motifs is 1. The molecule has 0 aliphatic carbocycles. The topological polar surface area (TPSA) is 49.3 Å². The van der Waals surface area contributed by atoms with Gasteiger partial charge < -0.3 is 10.4 Å². The second-order valence-corrected chi connectivity index (χ2v) is 5.33. The molecule has 0 saturated heterocycles. The first-order valence-electron chi connectivity index (χ1n) is 7.19. The molecule has 0 aliphatic heterocycles. The van der Waals surface area contributed by atoms with E-state index in [2.05, 4.69) is 36.5 Å². The fraction of sp³-hybridized carbons (Fsp3) is 0.105. The molecule has 0 heterocycles. The monoisotopic (exact) mass is 291 g/mol. The molecule has 3 heteroatoms. The molecule has 0 aliphatic rings. The summed E-state index contributed by atoms with van der Waals surface area (Å²) in [7, 11) is 0. The SMILES string of the molecule is Cc1ccc2ccccc2c1NCc1ccc(C(=O)O)cc1. The summed E-state index contributed by atoms with van der Waals surface area (Å²) < 4.78 is 0. The molecular weight excluding hydrogens is 274 g/mol. The molecular formula is C19H17NO2. The highest BCUT2D eigenvalue weighted by molar-refractivity contribution is 5.95. The van der Waals surface area contributed by atoms with E-state index < -0.39 is 5.97 Å². The number of rotatable bonds is 4. The lowest BCUT2D eigenvalue weighted by atomic mass is 10.0. The number of carbonyl (C=O) groups is 1. The van der Waals surface area contributed by atoms with Gasteiger partial charge in [-0.15, -0.1) is 0 Å². The van der Waals surface area contributed by atoms with E-state index in [0.29, 0.717) is 12.1 Å². The number of aromatic carboxylic acids is 1. The Morgan fingerprint density at radius 1 is 1.00 bits per heavy atom. The van der Waals surface area contributed by atoms with Crippen LogP contribution in [0.4, 0.5) is 5.69 Å². The molecule has 0 spiro atoms. The van der Waals surface area contributed by atoms with Gasteiger partial charge in [0.25, 0.3) is 0 Å². The number of anilines is 1. The average Bonchev–Trinajstić information content (AvgIpc) is 2.54. The van der Waals surface area contributed by atoms with Gasteiger partial charge in [-0.3, -0.25) is 0 Å². The first-order chi connectivity index (χ1) is 10.6. The summed E-state index contributed by atoms with van der Waals surface area (Å²) >= 11 is 0. The van der Waals surface area contributed by atoms with Crippen LogP contribution in [0.2, 0.25) is 0 Å². The van der Waals surface area contributed by atoms with E-state index in [9.17, 15) is 4.79 Å². The highest BCUT2D eigenvalue weighted by atomic mass is 16.4. The Kier molecular flexibility index (Phi) is 3.79. The van der Waals surface area contributed by atoms with Crippen LogP contribution < -0.4 is 5.32 Å². The normalized spacial score (nSPS) is 10.6. The maximum atomic E-state index is 10.9. The lowest BCUT2D eigenvalue weighted by Gasteiger charge is -2.13. The molecule has 0 unspecified atom stereocenters. The van der Waals surface area contributed by atoms with Crippen LogP contribution >= 0.6 is 0 Å². The molecule has 3 aromatic carbocycles. The van der Waals surface area contributed by atoms with E-state index >= 15 is 0 Å². The Morgan fingerprint density at radius 2 is 1.73 bits per heavy atom. The van der Waals surface area contributed by atoms with Gasteiger partial charge in [-0.05, 0) is 35.6 Å². The Balaban J connectivity index is 1.84. The molecule has 3 nitrogen and oxygen atoms in total. The first-order valence-corrected chi connectivity index (χ1v) is 7.19. The van der Waals surface area contributed by atoms with Gasteiger partial charge in [0, 0.05) is 17.6 Å². The van der Waals surface area contributed by atoms with Crippen LogP contribution in [0.5, 0.6) is 0 Å². The van der Waals surface area contributed by atoms with Crippen LogP contribution in [0.15, 0.2) is 60.7 Å². The van der Waals surface area contributed by atoms with E-state index in [1.807, 2.05) is 24.3 Å². The van der Waals surface area contributed by atoms with Crippen molar-refractivity contribution in [2.45, 2.75) is 13.5 Å². The van der Waals surface area contributed by atoms with Crippen molar-refractivity contribution in [2.75, 3.05) is 5.32 Å². The fourth-order valence-corrected chi connectivity index (χ4v) is 2.57. The van der Waals surface area contributed by atoms with Crippen molar-refractivity contribution in [3.05, 3.63) is 77.4 Å². The third kappa shape index (κ3) is 2.79. The summed E-state index contributed by atoms with van der Waals surface area (Å²) in [6.07, 6.45) is 0. The van der Waals surface area contributed by atoms with Crippen molar-refractivity contribution in [1.82, 2.24) is 0 Å². The molecule has 0 amide bonds. The molecule has 3 aromatic rings. The molecule has 0 saturated carbocycles. The maximum absolute atomic E-state index is 10.9. The van der Waals surface area contributed by atoms with Crippen molar-refractivity contribution < 1.29 is 9.90 Å². The van der Waals surface area contributed by atoms with Gasteiger partial charge in [0.05, 0.1) is 5.56 Å². The molecule has 22 heavy (non-hydrogen) atoms. The van der Waals surface area contributed by atoms with Crippen molar-refractivity contribution >= 4 is 22.4 Å². The van der Waals surface area contributed by atoms with Gasteiger partial charge in [-0.25, -0.2) is 4.79 Å². The van der Waals surface area contributed by atoms with E-state index in [-0.39, 0.29) is 0 Å². The molecule has 110 valence electrons. The fourth-order valence-electron chi connectivity index (χ4n) is 2.57. The van der Waals surface area contributed by atoms with Gasteiger partial charge in [-0.1, -0.05) is 48.5 Å². The number of benzene rings is 3.